The van der Waals surface area contributed by atoms with E-state index in [1.165, 1.54) is 25.4 Å². The van der Waals surface area contributed by atoms with E-state index in [9.17, 15) is 15.3 Å². The van der Waals surface area contributed by atoms with Crippen LogP contribution in [-0.2, 0) is 0 Å². The average Bonchev–Trinajstić information content (AvgIpc) is 2.56. The van der Waals surface area contributed by atoms with E-state index in [1.54, 1.807) is 18.2 Å². The summed E-state index contributed by atoms with van der Waals surface area (Å²) in [6, 6.07) is 9.76. The van der Waals surface area contributed by atoms with Crippen LogP contribution in [0.25, 0.3) is 11.3 Å². The zero-order valence-corrected chi connectivity index (χ0v) is 11.6. The van der Waals surface area contributed by atoms with Crippen molar-refractivity contribution >= 4 is 17.0 Å². The molecule has 1 heterocycles. The number of nitriles is 1. The molecule has 0 aliphatic heterocycles. The Bertz CT molecular complexity index is 779. The van der Waals surface area contributed by atoms with Gasteiger partial charge in [0, 0.05) is 11.8 Å². The first-order chi connectivity index (χ1) is 10.6. The largest absolute Gasteiger partial charge is 0.503 e. The molecule has 0 atom stereocenters. The summed E-state index contributed by atoms with van der Waals surface area (Å²) in [6.07, 6.45) is 1.54. The molecular formula is C15H12N4O3. The monoisotopic (exact) mass is 296 g/mol. The summed E-state index contributed by atoms with van der Waals surface area (Å²) in [4.78, 5) is 14.9. The van der Waals surface area contributed by atoms with E-state index in [4.69, 9.17) is 10.5 Å². The average molecular weight is 296 g/mol. The highest BCUT2D eigenvalue weighted by Gasteiger charge is 2.16. The molecule has 1 aromatic heterocycles. The zero-order chi connectivity index (χ0) is 16.1. The fraction of sp³-hybridized carbons (Fsp3) is 0.0667. The number of nitrogens with two attached hydrogens (primary N) is 1. The van der Waals surface area contributed by atoms with Crippen molar-refractivity contribution in [2.45, 2.75) is 0 Å². The third kappa shape index (κ3) is 2.71. The van der Waals surface area contributed by atoms with Gasteiger partial charge in [-0.15, -0.1) is 4.91 Å². The molecule has 0 fully saturated rings. The van der Waals surface area contributed by atoms with Gasteiger partial charge in [0.2, 0.25) is 0 Å². The minimum absolute atomic E-state index is 0.0355. The van der Waals surface area contributed by atoms with Crippen LogP contribution in [-0.4, -0.2) is 17.2 Å². The lowest BCUT2D eigenvalue weighted by molar-refractivity contribution is 0.374. The van der Waals surface area contributed by atoms with E-state index in [0.29, 0.717) is 11.3 Å². The number of allylic oxidation sites excluding steroid dienone is 1. The molecule has 3 N–H and O–H groups in total. The highest BCUT2D eigenvalue weighted by atomic mass is 16.5. The van der Waals surface area contributed by atoms with E-state index in [0.717, 1.165) is 0 Å². The lowest BCUT2D eigenvalue weighted by atomic mass is 10.0. The third-order valence-electron chi connectivity index (χ3n) is 2.99. The lowest BCUT2D eigenvalue weighted by Crippen LogP contribution is -2.02. The second-order valence-corrected chi connectivity index (χ2v) is 4.25. The summed E-state index contributed by atoms with van der Waals surface area (Å²) in [6.45, 7) is 0. The van der Waals surface area contributed by atoms with Crippen LogP contribution in [0, 0.1) is 16.2 Å². The van der Waals surface area contributed by atoms with Crippen molar-refractivity contribution < 1.29 is 9.84 Å². The molecule has 0 bridgehead atoms. The van der Waals surface area contributed by atoms with Crippen LogP contribution in [0.4, 0.5) is 5.69 Å². The SMILES string of the molecule is COc1cc(/C(N)=C(\C#N)c2ccccn2)cc(N=O)c1O. The van der Waals surface area contributed by atoms with Crippen LogP contribution in [0.2, 0.25) is 0 Å². The number of aromatic nitrogens is 1. The second-order valence-electron chi connectivity index (χ2n) is 4.25. The Kier molecular flexibility index (Phi) is 4.34. The number of phenols is 1. The van der Waals surface area contributed by atoms with Crippen molar-refractivity contribution in [1.29, 1.82) is 5.26 Å². The predicted octanol–water partition coefficient (Wildman–Crippen LogP) is 2.54. The summed E-state index contributed by atoms with van der Waals surface area (Å²) in [7, 11) is 1.33. The van der Waals surface area contributed by atoms with Crippen LogP contribution in [0.15, 0.2) is 41.7 Å². The normalized spacial score (nSPS) is 11.3. The molecule has 0 spiro atoms. The van der Waals surface area contributed by atoms with Gasteiger partial charge in [-0.1, -0.05) is 6.07 Å². The van der Waals surface area contributed by atoms with Gasteiger partial charge in [-0.3, -0.25) is 4.98 Å². The number of aromatic hydroxyl groups is 1. The van der Waals surface area contributed by atoms with Crippen molar-refractivity contribution in [3.05, 3.63) is 52.7 Å². The molecule has 2 aromatic rings. The van der Waals surface area contributed by atoms with E-state index >= 15 is 0 Å². The topological polar surface area (TPSA) is 122 Å². The van der Waals surface area contributed by atoms with Crippen LogP contribution in [0.3, 0.4) is 0 Å². The van der Waals surface area contributed by atoms with Crippen LogP contribution in [0.5, 0.6) is 11.5 Å². The summed E-state index contributed by atoms with van der Waals surface area (Å²) >= 11 is 0. The van der Waals surface area contributed by atoms with Crippen molar-refractivity contribution in [2.75, 3.05) is 7.11 Å². The number of benzene rings is 1. The Balaban J connectivity index is 2.66. The number of nitroso groups, excluding NO2 is 1. The molecule has 0 aliphatic carbocycles. The third-order valence-corrected chi connectivity index (χ3v) is 2.99. The first kappa shape index (κ1) is 15.0. The molecular weight excluding hydrogens is 284 g/mol. The van der Waals surface area contributed by atoms with Crippen molar-refractivity contribution in [3.8, 4) is 17.6 Å². The molecule has 0 amide bonds. The zero-order valence-electron chi connectivity index (χ0n) is 11.6. The van der Waals surface area contributed by atoms with Gasteiger partial charge < -0.3 is 15.6 Å². The van der Waals surface area contributed by atoms with Gasteiger partial charge in [0.1, 0.15) is 11.6 Å². The molecule has 7 nitrogen and oxygen atoms in total. The first-order valence-corrected chi connectivity index (χ1v) is 6.18. The van der Waals surface area contributed by atoms with E-state index in [1.807, 2.05) is 6.07 Å². The molecule has 22 heavy (non-hydrogen) atoms. The van der Waals surface area contributed by atoms with Gasteiger partial charge in [0.05, 0.1) is 18.5 Å². The number of methoxy groups -OCH3 is 1. The van der Waals surface area contributed by atoms with Gasteiger partial charge >= 0.3 is 0 Å². The number of hydrogen-bond donors (Lipinski definition) is 2. The number of hydrogen-bond acceptors (Lipinski definition) is 7. The Morgan fingerprint density at radius 1 is 1.45 bits per heavy atom. The van der Waals surface area contributed by atoms with Gasteiger partial charge in [-0.25, -0.2) is 0 Å². The van der Waals surface area contributed by atoms with E-state index < -0.39 is 0 Å². The molecule has 0 radical (unpaired) electrons. The lowest BCUT2D eigenvalue weighted by Gasteiger charge is -2.10. The highest BCUT2D eigenvalue weighted by molar-refractivity contribution is 5.95. The van der Waals surface area contributed by atoms with Gasteiger partial charge in [0.15, 0.2) is 17.2 Å². The highest BCUT2D eigenvalue weighted by Crippen LogP contribution is 2.39. The number of ether oxygens (including phenoxy) is 1. The Morgan fingerprint density at radius 3 is 2.77 bits per heavy atom. The number of rotatable bonds is 4. The number of phenolic OH excluding ortho intramolecular Hbond substituents is 1. The number of nitrogens with zero attached hydrogens (tertiary/aromatic N) is 3. The number of pyridine rings is 1. The Hall–Kier alpha value is -3.40. The summed E-state index contributed by atoms with van der Waals surface area (Å²) in [5.41, 5.74) is 6.76. The van der Waals surface area contributed by atoms with Crippen LogP contribution < -0.4 is 10.5 Å². The van der Waals surface area contributed by atoms with Crippen LogP contribution in [0.1, 0.15) is 11.3 Å². The quantitative estimate of drug-likeness (QED) is 0.660. The molecule has 0 saturated carbocycles. The first-order valence-electron chi connectivity index (χ1n) is 6.18. The Labute approximate surface area is 126 Å². The molecule has 0 saturated heterocycles. The maximum atomic E-state index is 10.8. The second kappa shape index (κ2) is 6.37. The minimum atomic E-state index is -0.384. The molecule has 110 valence electrons. The maximum absolute atomic E-state index is 10.8. The molecule has 0 aliphatic rings. The van der Waals surface area contributed by atoms with Gasteiger partial charge in [0.25, 0.3) is 0 Å². The van der Waals surface area contributed by atoms with Gasteiger partial charge in [-0.2, -0.15) is 5.26 Å². The fourth-order valence-electron chi connectivity index (χ4n) is 1.88. The minimum Gasteiger partial charge on any atom is -0.503 e. The van der Waals surface area contributed by atoms with Crippen molar-refractivity contribution in [3.63, 3.8) is 0 Å². The van der Waals surface area contributed by atoms with E-state index in [2.05, 4.69) is 10.2 Å². The fourth-order valence-corrected chi connectivity index (χ4v) is 1.88. The maximum Gasteiger partial charge on any atom is 0.187 e. The Morgan fingerprint density at radius 2 is 2.23 bits per heavy atom. The molecule has 7 heteroatoms. The van der Waals surface area contributed by atoms with Gasteiger partial charge in [-0.05, 0) is 29.4 Å². The summed E-state index contributed by atoms with van der Waals surface area (Å²) in [5, 5.41) is 21.8. The summed E-state index contributed by atoms with van der Waals surface area (Å²) in [5.74, 6) is -0.348. The van der Waals surface area contributed by atoms with Crippen LogP contribution >= 0.6 is 0 Å². The standard InChI is InChI=1S/C15H12N4O3/c1-22-13-7-9(6-12(19-21)15(13)20)14(17)10(8-16)11-4-2-3-5-18-11/h2-7,20H,17H2,1H3/b14-10-. The molecule has 1 aromatic carbocycles. The smallest absolute Gasteiger partial charge is 0.187 e. The summed E-state index contributed by atoms with van der Waals surface area (Å²) < 4.78 is 4.97. The van der Waals surface area contributed by atoms with Crippen molar-refractivity contribution in [2.24, 2.45) is 10.9 Å². The molecule has 0 unspecified atom stereocenters. The predicted molar refractivity (Wildman–Crippen MR) is 81.0 cm³/mol. The van der Waals surface area contributed by atoms with Crippen molar-refractivity contribution in [1.82, 2.24) is 4.98 Å². The molecule has 2 rings (SSSR count). The van der Waals surface area contributed by atoms with E-state index in [-0.39, 0.29) is 28.5 Å².